The molecular weight excluding hydrogens is 289 g/mol. The Morgan fingerprint density at radius 1 is 1.36 bits per heavy atom. The normalized spacial score (nSPS) is 26.8. The lowest BCUT2D eigenvalue weighted by atomic mass is 9.94. The fraction of sp³-hybridized carbons (Fsp3) is 0.500. The van der Waals surface area contributed by atoms with Crippen molar-refractivity contribution >= 4 is 11.9 Å². The van der Waals surface area contributed by atoms with Gasteiger partial charge in [-0.15, -0.1) is 0 Å². The van der Waals surface area contributed by atoms with E-state index in [-0.39, 0.29) is 23.1 Å². The van der Waals surface area contributed by atoms with Gasteiger partial charge < -0.3 is 14.7 Å². The summed E-state index contributed by atoms with van der Waals surface area (Å²) >= 11 is 0. The molecule has 1 heterocycles. The van der Waals surface area contributed by atoms with Crippen LogP contribution < -0.4 is 4.74 Å². The van der Waals surface area contributed by atoms with E-state index in [1.54, 1.807) is 0 Å². The number of hydrogen-bond acceptors (Lipinski definition) is 3. The predicted octanol–water partition coefficient (Wildman–Crippen LogP) is 2.16. The molecule has 0 bridgehead atoms. The molecule has 0 aromatic heterocycles. The minimum Gasteiger partial charge on any atom is -0.496 e. The van der Waals surface area contributed by atoms with Gasteiger partial charge in [0, 0.05) is 6.54 Å². The number of carboxylic acids is 1. The number of ether oxygens (including phenoxy) is 1. The van der Waals surface area contributed by atoms with Gasteiger partial charge in [-0.2, -0.15) is 0 Å². The summed E-state index contributed by atoms with van der Waals surface area (Å²) in [6, 6.07) is 2.87. The number of rotatable bonds is 3. The van der Waals surface area contributed by atoms with Crippen molar-refractivity contribution in [2.45, 2.75) is 25.3 Å². The Balaban J connectivity index is 1.94. The number of likely N-dealkylation sites (tertiary alicyclic amines) is 1. The van der Waals surface area contributed by atoms with Crippen LogP contribution in [0.3, 0.4) is 0 Å². The molecular formula is C16H18FNO4. The highest BCUT2D eigenvalue weighted by atomic mass is 19.1. The molecule has 6 heteroatoms. The number of hydrogen-bond donors (Lipinski definition) is 1. The number of carboxylic acid groups (broad SMARTS) is 1. The Morgan fingerprint density at radius 2 is 2.14 bits per heavy atom. The topological polar surface area (TPSA) is 66.8 Å². The van der Waals surface area contributed by atoms with Crippen molar-refractivity contribution in [3.63, 3.8) is 0 Å². The maximum atomic E-state index is 13.5. The summed E-state index contributed by atoms with van der Waals surface area (Å²) < 4.78 is 18.6. The van der Waals surface area contributed by atoms with E-state index in [1.165, 1.54) is 24.1 Å². The molecule has 0 spiro atoms. The quantitative estimate of drug-likeness (QED) is 0.929. The van der Waals surface area contributed by atoms with E-state index in [9.17, 15) is 19.1 Å². The molecule has 118 valence electrons. The number of carbonyl (C=O) groups is 2. The molecule has 1 aliphatic heterocycles. The molecule has 1 saturated heterocycles. The van der Waals surface area contributed by atoms with E-state index in [1.807, 2.05) is 0 Å². The summed E-state index contributed by atoms with van der Waals surface area (Å²) in [5.74, 6) is -1.52. The van der Waals surface area contributed by atoms with Crippen LogP contribution in [0.25, 0.3) is 0 Å². The van der Waals surface area contributed by atoms with E-state index in [2.05, 4.69) is 0 Å². The fourth-order valence-electron chi connectivity index (χ4n) is 3.83. The van der Waals surface area contributed by atoms with Crippen molar-refractivity contribution in [3.05, 3.63) is 29.6 Å². The standard InChI is InChI=1S/C16H18FNO4/c1-22-13-6-5-10(17)7-12(13)15(19)18-8-9-3-2-4-11(9)14(18)16(20)21/h5-7,9,11,14H,2-4,8H2,1H3,(H,20,21)/t9-,11-,14+/m0/s1. The molecule has 2 aliphatic rings. The third kappa shape index (κ3) is 2.32. The lowest BCUT2D eigenvalue weighted by molar-refractivity contribution is -0.142. The number of nitrogens with zero attached hydrogens (tertiary/aromatic N) is 1. The number of carbonyl (C=O) groups excluding carboxylic acids is 1. The van der Waals surface area contributed by atoms with E-state index >= 15 is 0 Å². The van der Waals surface area contributed by atoms with Crippen molar-refractivity contribution in [1.82, 2.24) is 4.90 Å². The van der Waals surface area contributed by atoms with Crippen molar-refractivity contribution in [3.8, 4) is 5.75 Å². The summed E-state index contributed by atoms with van der Waals surface area (Å²) in [5, 5.41) is 9.51. The van der Waals surface area contributed by atoms with Crippen LogP contribution >= 0.6 is 0 Å². The van der Waals surface area contributed by atoms with Gasteiger partial charge in [0.25, 0.3) is 5.91 Å². The molecule has 5 nitrogen and oxygen atoms in total. The van der Waals surface area contributed by atoms with Crippen LogP contribution in [0.5, 0.6) is 5.75 Å². The molecule has 1 N–H and O–H groups in total. The molecule has 22 heavy (non-hydrogen) atoms. The van der Waals surface area contributed by atoms with Gasteiger partial charge in [0.1, 0.15) is 17.6 Å². The molecule has 1 saturated carbocycles. The van der Waals surface area contributed by atoms with Crippen LogP contribution in [0.1, 0.15) is 29.6 Å². The first kappa shape index (κ1) is 14.8. The van der Waals surface area contributed by atoms with Crippen LogP contribution in [-0.4, -0.2) is 41.6 Å². The van der Waals surface area contributed by atoms with Gasteiger partial charge in [-0.3, -0.25) is 4.79 Å². The maximum absolute atomic E-state index is 13.5. The zero-order chi connectivity index (χ0) is 15.9. The van der Waals surface area contributed by atoms with Crippen LogP contribution in [-0.2, 0) is 4.79 Å². The highest BCUT2D eigenvalue weighted by Gasteiger charge is 2.49. The number of aliphatic carboxylic acids is 1. The third-order valence-electron chi connectivity index (χ3n) is 4.80. The zero-order valence-electron chi connectivity index (χ0n) is 12.3. The molecule has 3 rings (SSSR count). The molecule has 1 amide bonds. The fourth-order valence-corrected chi connectivity index (χ4v) is 3.83. The van der Waals surface area contributed by atoms with Crippen LogP contribution in [0.15, 0.2) is 18.2 Å². The SMILES string of the molecule is COc1ccc(F)cc1C(=O)N1C[C@@H]2CCC[C@@H]2[C@@H]1C(=O)O. The molecule has 2 fully saturated rings. The summed E-state index contributed by atoms with van der Waals surface area (Å²) in [5.41, 5.74) is 0.0775. The highest BCUT2D eigenvalue weighted by Crippen LogP contribution is 2.43. The highest BCUT2D eigenvalue weighted by molar-refractivity contribution is 5.99. The second-order valence-electron chi connectivity index (χ2n) is 5.94. The first-order valence-electron chi connectivity index (χ1n) is 7.40. The monoisotopic (exact) mass is 307 g/mol. The molecule has 0 radical (unpaired) electrons. The number of fused-ring (bicyclic) bond motifs is 1. The number of halogens is 1. The average Bonchev–Trinajstić information content (AvgIpc) is 3.06. The Kier molecular flexibility index (Phi) is 3.76. The van der Waals surface area contributed by atoms with Crippen molar-refractivity contribution in [2.75, 3.05) is 13.7 Å². The zero-order valence-corrected chi connectivity index (χ0v) is 12.3. The molecule has 0 unspecified atom stereocenters. The third-order valence-corrected chi connectivity index (χ3v) is 4.80. The van der Waals surface area contributed by atoms with Crippen molar-refractivity contribution in [2.24, 2.45) is 11.8 Å². The number of amides is 1. The van der Waals surface area contributed by atoms with Gasteiger partial charge in [-0.1, -0.05) is 6.42 Å². The second kappa shape index (κ2) is 5.59. The smallest absolute Gasteiger partial charge is 0.326 e. The molecule has 1 aliphatic carbocycles. The minimum atomic E-state index is -0.988. The van der Waals surface area contributed by atoms with Crippen molar-refractivity contribution in [1.29, 1.82) is 0 Å². The summed E-state index contributed by atoms with van der Waals surface area (Å²) in [4.78, 5) is 25.7. The van der Waals surface area contributed by atoms with Crippen LogP contribution in [0.4, 0.5) is 4.39 Å². The Hall–Kier alpha value is -2.11. The van der Waals surface area contributed by atoms with E-state index in [4.69, 9.17) is 4.74 Å². The van der Waals surface area contributed by atoms with Crippen molar-refractivity contribution < 1.29 is 23.8 Å². The van der Waals surface area contributed by atoms with E-state index in [0.717, 1.165) is 25.3 Å². The van der Waals surface area contributed by atoms with Gasteiger partial charge >= 0.3 is 5.97 Å². The summed E-state index contributed by atoms with van der Waals surface area (Å²) in [7, 11) is 1.40. The number of methoxy groups -OCH3 is 1. The first-order valence-corrected chi connectivity index (χ1v) is 7.40. The number of benzene rings is 1. The molecule has 1 aromatic carbocycles. The second-order valence-corrected chi connectivity index (χ2v) is 5.94. The first-order chi connectivity index (χ1) is 10.5. The Bertz CT molecular complexity index is 618. The molecule has 1 aromatic rings. The predicted molar refractivity (Wildman–Crippen MR) is 76.2 cm³/mol. The van der Waals surface area contributed by atoms with E-state index in [0.29, 0.717) is 6.54 Å². The van der Waals surface area contributed by atoms with Gasteiger partial charge in [0.2, 0.25) is 0 Å². The summed E-state index contributed by atoms with van der Waals surface area (Å²) in [6.45, 7) is 0.417. The van der Waals surface area contributed by atoms with Gasteiger partial charge in [0.05, 0.1) is 12.7 Å². The lowest BCUT2D eigenvalue weighted by Gasteiger charge is -2.25. The molecule has 3 atom stereocenters. The van der Waals surface area contributed by atoms with Gasteiger partial charge in [0.15, 0.2) is 0 Å². The Labute approximate surface area is 127 Å². The maximum Gasteiger partial charge on any atom is 0.326 e. The van der Waals surface area contributed by atoms with Crippen LogP contribution in [0.2, 0.25) is 0 Å². The largest absolute Gasteiger partial charge is 0.496 e. The van der Waals surface area contributed by atoms with Gasteiger partial charge in [-0.25, -0.2) is 9.18 Å². The van der Waals surface area contributed by atoms with Gasteiger partial charge in [-0.05, 0) is 42.9 Å². The lowest BCUT2D eigenvalue weighted by Crippen LogP contribution is -2.43. The van der Waals surface area contributed by atoms with Crippen LogP contribution in [0, 0.1) is 17.7 Å². The minimum absolute atomic E-state index is 0.000930. The summed E-state index contributed by atoms with van der Waals surface area (Å²) in [6.07, 6.45) is 2.77. The van der Waals surface area contributed by atoms with E-state index < -0.39 is 23.7 Å². The average molecular weight is 307 g/mol. The Morgan fingerprint density at radius 3 is 2.82 bits per heavy atom.